The van der Waals surface area contributed by atoms with Gasteiger partial charge < -0.3 is 15.4 Å². The fourth-order valence-corrected chi connectivity index (χ4v) is 3.48. The molecule has 0 bridgehead atoms. The predicted molar refractivity (Wildman–Crippen MR) is 130 cm³/mol. The number of aryl methyl sites for hydroxylation is 1. The Labute approximate surface area is 213 Å². The van der Waals surface area contributed by atoms with E-state index in [1.54, 1.807) is 0 Å². The molecule has 2 N–H and O–H groups in total. The first-order valence-corrected chi connectivity index (χ1v) is 11.2. The fraction of sp³-hybridized carbons (Fsp3) is 0.192. The minimum Gasteiger partial charge on any atom is -0.454 e. The number of nitrogens with one attached hydrogen (secondary N) is 2. The van der Waals surface area contributed by atoms with E-state index in [1.807, 2.05) is 55.5 Å². The normalized spacial score (nSPS) is 11.8. The molecule has 0 amide bonds. The van der Waals surface area contributed by atoms with Crippen molar-refractivity contribution in [2.45, 2.75) is 25.8 Å². The predicted octanol–water partition coefficient (Wildman–Crippen LogP) is 7.16. The second kappa shape index (κ2) is 11.0. The lowest BCUT2D eigenvalue weighted by Crippen LogP contribution is -2.21. The highest BCUT2D eigenvalue weighted by Gasteiger charge is 2.31. The number of anilines is 3. The maximum absolute atomic E-state index is 13.1. The van der Waals surface area contributed by atoms with Crippen LogP contribution in [0.1, 0.15) is 16.7 Å². The minimum atomic E-state index is -4.65. The van der Waals surface area contributed by atoms with Crippen molar-refractivity contribution in [3.63, 3.8) is 0 Å². The summed E-state index contributed by atoms with van der Waals surface area (Å²) >= 11 is 0. The van der Waals surface area contributed by atoms with Crippen LogP contribution in [0.4, 0.5) is 43.9 Å². The number of benzene rings is 3. The zero-order valence-corrected chi connectivity index (χ0v) is 19.9. The van der Waals surface area contributed by atoms with E-state index in [-0.39, 0.29) is 24.1 Å². The van der Waals surface area contributed by atoms with Gasteiger partial charge in [0.25, 0.3) is 0 Å². The summed E-state index contributed by atoms with van der Waals surface area (Å²) in [7, 11) is 0. The summed E-state index contributed by atoms with van der Waals surface area (Å²) in [4.78, 5) is 11.7. The summed E-state index contributed by atoms with van der Waals surface area (Å²) in [6.07, 6.45) is -9.23. The lowest BCUT2D eigenvalue weighted by atomic mass is 10.00. The van der Waals surface area contributed by atoms with Crippen LogP contribution in [0.3, 0.4) is 0 Å². The lowest BCUT2D eigenvalue weighted by Gasteiger charge is -2.14. The van der Waals surface area contributed by atoms with E-state index in [0.717, 1.165) is 34.4 Å². The largest absolute Gasteiger partial charge is 0.454 e. The van der Waals surface area contributed by atoms with Crippen molar-refractivity contribution >= 4 is 17.6 Å². The Morgan fingerprint density at radius 2 is 1.50 bits per heavy atom. The first-order chi connectivity index (χ1) is 18.0. The molecule has 0 saturated heterocycles. The first kappa shape index (κ1) is 26.7. The van der Waals surface area contributed by atoms with Crippen molar-refractivity contribution in [3.05, 3.63) is 89.5 Å². The summed E-state index contributed by atoms with van der Waals surface area (Å²) in [5, 5.41) is 5.48. The number of ether oxygens (including phenoxy) is 1. The molecule has 0 fully saturated rings. The first-order valence-electron chi connectivity index (χ1n) is 11.2. The number of rotatable bonds is 8. The van der Waals surface area contributed by atoms with Gasteiger partial charge in [0.2, 0.25) is 11.9 Å². The van der Waals surface area contributed by atoms with Gasteiger partial charge in [-0.3, -0.25) is 0 Å². The average Bonchev–Trinajstić information content (AvgIpc) is 2.86. The van der Waals surface area contributed by atoms with E-state index in [9.17, 15) is 26.3 Å². The molecule has 0 saturated carbocycles. The van der Waals surface area contributed by atoms with Crippen LogP contribution in [0, 0.1) is 6.92 Å². The van der Waals surface area contributed by atoms with E-state index in [4.69, 9.17) is 0 Å². The number of nitrogens with zero attached hydrogens (tertiary/aromatic N) is 3. The quantitative estimate of drug-likeness (QED) is 0.234. The summed E-state index contributed by atoms with van der Waals surface area (Å²) in [6.45, 7) is 0.474. The van der Waals surface area contributed by atoms with Gasteiger partial charge in [-0.1, -0.05) is 54.6 Å². The molecule has 3 aromatic carbocycles. The topological polar surface area (TPSA) is 72.0 Å². The van der Waals surface area contributed by atoms with Gasteiger partial charge in [0.15, 0.2) is 6.61 Å². The number of aromatic nitrogens is 3. The van der Waals surface area contributed by atoms with Crippen molar-refractivity contribution in [1.82, 2.24) is 15.0 Å². The molecule has 198 valence electrons. The van der Waals surface area contributed by atoms with Crippen LogP contribution in [0.2, 0.25) is 0 Å². The summed E-state index contributed by atoms with van der Waals surface area (Å²) < 4.78 is 81.9. The zero-order valence-electron chi connectivity index (χ0n) is 19.9. The average molecular weight is 533 g/mol. The second-order valence-corrected chi connectivity index (χ2v) is 8.23. The Morgan fingerprint density at radius 3 is 2.18 bits per heavy atom. The Morgan fingerprint density at radius 1 is 0.763 bits per heavy atom. The van der Waals surface area contributed by atoms with Crippen molar-refractivity contribution < 1.29 is 31.1 Å². The molecule has 12 heteroatoms. The van der Waals surface area contributed by atoms with Crippen molar-refractivity contribution in [1.29, 1.82) is 0 Å². The molecular formula is C26H21F6N5O. The van der Waals surface area contributed by atoms with E-state index in [0.29, 0.717) is 0 Å². The molecule has 0 aliphatic rings. The van der Waals surface area contributed by atoms with Gasteiger partial charge in [-0.15, -0.1) is 0 Å². The fourth-order valence-electron chi connectivity index (χ4n) is 3.48. The Hall–Kier alpha value is -4.35. The summed E-state index contributed by atoms with van der Waals surface area (Å²) in [6, 6.07) is 19.2. The lowest BCUT2D eigenvalue weighted by molar-refractivity contribution is -0.154. The van der Waals surface area contributed by atoms with Gasteiger partial charge in [-0.2, -0.15) is 41.3 Å². The second-order valence-electron chi connectivity index (χ2n) is 8.23. The van der Waals surface area contributed by atoms with Crippen LogP contribution in [0.15, 0.2) is 72.8 Å². The molecular weight excluding hydrogens is 512 g/mol. The van der Waals surface area contributed by atoms with Crippen molar-refractivity contribution in [3.8, 4) is 17.1 Å². The Bertz CT molecular complexity index is 1390. The summed E-state index contributed by atoms with van der Waals surface area (Å²) in [5.41, 5.74) is 2.94. The molecule has 38 heavy (non-hydrogen) atoms. The molecule has 1 aromatic heterocycles. The van der Waals surface area contributed by atoms with E-state index < -0.39 is 30.5 Å². The molecule has 1 heterocycles. The van der Waals surface area contributed by atoms with Gasteiger partial charge in [0.05, 0.1) is 5.56 Å². The summed E-state index contributed by atoms with van der Waals surface area (Å²) in [5.74, 6) is -0.423. The van der Waals surface area contributed by atoms with Gasteiger partial charge in [-0.25, -0.2) is 0 Å². The molecule has 4 aromatic rings. The van der Waals surface area contributed by atoms with Crippen LogP contribution < -0.4 is 15.4 Å². The number of alkyl halides is 6. The Balaban J connectivity index is 1.55. The third kappa shape index (κ3) is 7.34. The van der Waals surface area contributed by atoms with Gasteiger partial charge in [0.1, 0.15) is 0 Å². The maximum Gasteiger partial charge on any atom is 0.422 e. The van der Waals surface area contributed by atoms with E-state index in [1.165, 1.54) is 12.1 Å². The third-order valence-corrected chi connectivity index (χ3v) is 5.31. The third-order valence-electron chi connectivity index (χ3n) is 5.31. The zero-order chi connectivity index (χ0) is 27.3. The van der Waals surface area contributed by atoms with Crippen LogP contribution in [0.25, 0.3) is 11.1 Å². The van der Waals surface area contributed by atoms with Crippen molar-refractivity contribution in [2.75, 3.05) is 17.2 Å². The van der Waals surface area contributed by atoms with Crippen molar-refractivity contribution in [2.24, 2.45) is 0 Å². The molecule has 6 nitrogen and oxygen atoms in total. The molecule has 0 aliphatic heterocycles. The van der Waals surface area contributed by atoms with Crippen LogP contribution in [0.5, 0.6) is 6.01 Å². The Kier molecular flexibility index (Phi) is 7.70. The van der Waals surface area contributed by atoms with Gasteiger partial charge in [-0.05, 0) is 47.4 Å². The molecule has 0 spiro atoms. The molecule has 4 rings (SSSR count). The SMILES string of the molecule is Cc1cc(-c2ccccc2)ccc1CNc1nc(Nc2cccc(C(F)(F)F)c2)nc(OCC(F)(F)F)n1. The maximum atomic E-state index is 13.1. The van der Waals surface area contributed by atoms with Gasteiger partial charge in [0, 0.05) is 12.2 Å². The van der Waals surface area contributed by atoms with Crippen LogP contribution in [-0.4, -0.2) is 27.7 Å². The highest BCUT2D eigenvalue weighted by molar-refractivity contribution is 5.65. The highest BCUT2D eigenvalue weighted by atomic mass is 19.4. The monoisotopic (exact) mass is 533 g/mol. The van der Waals surface area contributed by atoms with Crippen LogP contribution in [-0.2, 0) is 12.7 Å². The molecule has 0 aliphatic carbocycles. The van der Waals surface area contributed by atoms with E-state index in [2.05, 4.69) is 30.3 Å². The number of halogens is 6. The van der Waals surface area contributed by atoms with Gasteiger partial charge >= 0.3 is 18.4 Å². The van der Waals surface area contributed by atoms with E-state index >= 15 is 0 Å². The highest BCUT2D eigenvalue weighted by Crippen LogP contribution is 2.31. The molecule has 0 radical (unpaired) electrons. The molecule has 0 unspecified atom stereocenters. The standard InChI is InChI=1S/C26H21F6N5O/c1-16-12-18(17-6-3-2-4-7-17)10-11-19(16)14-33-22-35-23(37-24(36-22)38-15-25(27,28)29)34-21-9-5-8-20(13-21)26(30,31)32/h2-13H,14-15H2,1H3,(H2,33,34,35,36,37). The minimum absolute atomic E-state index is 0.0221. The number of hydrogen-bond acceptors (Lipinski definition) is 6. The smallest absolute Gasteiger partial charge is 0.422 e. The molecule has 0 atom stereocenters. The van der Waals surface area contributed by atoms with Crippen LogP contribution >= 0.6 is 0 Å². The number of hydrogen-bond donors (Lipinski definition) is 2.